The molecule has 0 radical (unpaired) electrons. The number of hydrogen-bond acceptors (Lipinski definition) is 3. The summed E-state index contributed by atoms with van der Waals surface area (Å²) in [5, 5.41) is 14.2. The zero-order chi connectivity index (χ0) is 15.1. The zero-order valence-corrected chi connectivity index (χ0v) is 11.9. The molecule has 0 heterocycles. The first-order valence-corrected chi connectivity index (χ1v) is 6.40. The highest BCUT2D eigenvalue weighted by Gasteiger charge is 2.08. The molecule has 1 aromatic rings. The predicted molar refractivity (Wildman–Crippen MR) is 76.2 cm³/mol. The van der Waals surface area contributed by atoms with Gasteiger partial charge >= 0.3 is 12.0 Å². The molecule has 3 N–H and O–H groups in total. The highest BCUT2D eigenvalue weighted by Crippen LogP contribution is 2.16. The summed E-state index contributed by atoms with van der Waals surface area (Å²) in [5.41, 5.74) is 1.41. The quantitative estimate of drug-likeness (QED) is 0.697. The van der Waals surface area contributed by atoms with E-state index in [-0.39, 0.29) is 17.7 Å². The van der Waals surface area contributed by atoms with Crippen molar-refractivity contribution in [1.82, 2.24) is 5.32 Å². The van der Waals surface area contributed by atoms with Crippen molar-refractivity contribution in [3.8, 4) is 0 Å². The normalized spacial score (nSPS) is 10.4. The Morgan fingerprint density at radius 3 is 2.65 bits per heavy atom. The zero-order valence-electron chi connectivity index (χ0n) is 11.9. The summed E-state index contributed by atoms with van der Waals surface area (Å²) in [5.74, 6) is -1.03. The molecule has 0 aliphatic carbocycles. The first-order chi connectivity index (χ1) is 9.40. The van der Waals surface area contributed by atoms with Crippen LogP contribution in [-0.2, 0) is 4.74 Å². The van der Waals surface area contributed by atoms with Gasteiger partial charge in [0.1, 0.15) is 0 Å². The van der Waals surface area contributed by atoms with Crippen LogP contribution in [0.5, 0.6) is 0 Å². The van der Waals surface area contributed by atoms with E-state index in [9.17, 15) is 9.59 Å². The summed E-state index contributed by atoms with van der Waals surface area (Å²) >= 11 is 0. The number of aromatic carboxylic acids is 1. The summed E-state index contributed by atoms with van der Waals surface area (Å²) in [6, 6.07) is 4.20. The summed E-state index contributed by atoms with van der Waals surface area (Å²) in [4.78, 5) is 22.5. The Hall–Kier alpha value is -2.08. The third-order valence-corrected chi connectivity index (χ3v) is 2.57. The fourth-order valence-electron chi connectivity index (χ4n) is 1.52. The maximum Gasteiger partial charge on any atom is 0.335 e. The number of urea groups is 1. The summed E-state index contributed by atoms with van der Waals surface area (Å²) in [6.45, 7) is 6.45. The van der Waals surface area contributed by atoms with Crippen LogP contribution in [-0.4, -0.2) is 36.4 Å². The van der Waals surface area contributed by atoms with E-state index in [4.69, 9.17) is 9.84 Å². The monoisotopic (exact) mass is 280 g/mol. The van der Waals surface area contributed by atoms with Crippen molar-refractivity contribution >= 4 is 17.7 Å². The molecular weight excluding hydrogens is 260 g/mol. The molecule has 1 aromatic carbocycles. The lowest BCUT2D eigenvalue weighted by molar-refractivity contribution is 0.0697. The Kier molecular flexibility index (Phi) is 5.99. The van der Waals surface area contributed by atoms with Gasteiger partial charge in [0.15, 0.2) is 0 Å². The van der Waals surface area contributed by atoms with Crippen molar-refractivity contribution in [1.29, 1.82) is 0 Å². The molecular formula is C14H20N2O4. The van der Waals surface area contributed by atoms with E-state index < -0.39 is 5.97 Å². The lowest BCUT2D eigenvalue weighted by atomic mass is 10.1. The van der Waals surface area contributed by atoms with Gasteiger partial charge in [0, 0.05) is 12.2 Å². The molecule has 0 bridgehead atoms. The SMILES string of the molecule is Cc1ccc(C(=O)O)cc1NC(=O)NCCOC(C)C. The van der Waals surface area contributed by atoms with E-state index >= 15 is 0 Å². The second-order valence-electron chi connectivity index (χ2n) is 4.64. The number of carboxylic acids is 1. The van der Waals surface area contributed by atoms with Gasteiger partial charge in [-0.15, -0.1) is 0 Å². The van der Waals surface area contributed by atoms with E-state index in [2.05, 4.69) is 10.6 Å². The van der Waals surface area contributed by atoms with Crippen LogP contribution in [0.15, 0.2) is 18.2 Å². The number of benzene rings is 1. The number of hydrogen-bond donors (Lipinski definition) is 3. The first-order valence-electron chi connectivity index (χ1n) is 6.40. The molecule has 0 aliphatic rings. The van der Waals surface area contributed by atoms with Gasteiger partial charge in [0.25, 0.3) is 0 Å². The molecule has 0 saturated carbocycles. The molecule has 0 saturated heterocycles. The van der Waals surface area contributed by atoms with Crippen LogP contribution in [0.1, 0.15) is 29.8 Å². The molecule has 0 unspecified atom stereocenters. The smallest absolute Gasteiger partial charge is 0.335 e. The number of rotatable bonds is 6. The lowest BCUT2D eigenvalue weighted by Gasteiger charge is -2.11. The van der Waals surface area contributed by atoms with Gasteiger partial charge in [-0.2, -0.15) is 0 Å². The number of amides is 2. The van der Waals surface area contributed by atoms with Gasteiger partial charge < -0.3 is 20.5 Å². The number of carboxylic acid groups (broad SMARTS) is 1. The molecule has 0 spiro atoms. The first kappa shape index (κ1) is 16.0. The van der Waals surface area contributed by atoms with Gasteiger partial charge in [0.2, 0.25) is 0 Å². The van der Waals surface area contributed by atoms with E-state index in [1.165, 1.54) is 12.1 Å². The lowest BCUT2D eigenvalue weighted by Crippen LogP contribution is -2.32. The van der Waals surface area contributed by atoms with Crippen LogP contribution < -0.4 is 10.6 Å². The van der Waals surface area contributed by atoms with Crippen LogP contribution in [0.2, 0.25) is 0 Å². The average Bonchev–Trinajstić information content (AvgIpc) is 2.37. The molecule has 110 valence electrons. The summed E-state index contributed by atoms with van der Waals surface area (Å²) in [7, 11) is 0. The van der Waals surface area contributed by atoms with Crippen LogP contribution in [0.25, 0.3) is 0 Å². The highest BCUT2D eigenvalue weighted by molar-refractivity contribution is 5.93. The number of nitrogens with one attached hydrogen (secondary N) is 2. The van der Waals surface area contributed by atoms with E-state index in [0.717, 1.165) is 5.56 Å². The molecule has 0 aromatic heterocycles. The predicted octanol–water partition coefficient (Wildman–Crippen LogP) is 2.24. The molecule has 0 fully saturated rings. The Bertz CT molecular complexity index is 486. The van der Waals surface area contributed by atoms with Crippen LogP contribution in [0.4, 0.5) is 10.5 Å². The van der Waals surface area contributed by atoms with Crippen molar-refractivity contribution in [3.05, 3.63) is 29.3 Å². The topological polar surface area (TPSA) is 87.7 Å². The van der Waals surface area contributed by atoms with Crippen LogP contribution in [0.3, 0.4) is 0 Å². The number of anilines is 1. The van der Waals surface area contributed by atoms with Gasteiger partial charge in [-0.05, 0) is 38.5 Å². The maximum atomic E-state index is 11.7. The van der Waals surface area contributed by atoms with Crippen molar-refractivity contribution in [2.24, 2.45) is 0 Å². The maximum absolute atomic E-state index is 11.7. The molecule has 6 heteroatoms. The molecule has 0 aliphatic heterocycles. The third kappa shape index (κ3) is 5.27. The third-order valence-electron chi connectivity index (χ3n) is 2.57. The van der Waals surface area contributed by atoms with Gasteiger partial charge in [-0.3, -0.25) is 0 Å². The van der Waals surface area contributed by atoms with Crippen molar-refractivity contribution in [2.75, 3.05) is 18.5 Å². The van der Waals surface area contributed by atoms with Gasteiger partial charge in [0.05, 0.1) is 18.3 Å². The minimum atomic E-state index is -1.03. The Morgan fingerprint density at radius 2 is 2.05 bits per heavy atom. The second kappa shape index (κ2) is 7.49. The standard InChI is InChI=1S/C14H20N2O4/c1-9(2)20-7-6-15-14(19)16-12-8-11(13(17)18)5-4-10(12)3/h4-5,8-9H,6-7H2,1-3H3,(H,17,18)(H2,15,16,19). The minimum absolute atomic E-state index is 0.120. The Balaban J connectivity index is 2.53. The van der Waals surface area contributed by atoms with E-state index in [0.29, 0.717) is 18.8 Å². The molecule has 1 rings (SSSR count). The van der Waals surface area contributed by atoms with Crippen molar-refractivity contribution < 1.29 is 19.4 Å². The highest BCUT2D eigenvalue weighted by atomic mass is 16.5. The largest absolute Gasteiger partial charge is 0.478 e. The summed E-state index contributed by atoms with van der Waals surface area (Å²) < 4.78 is 5.30. The number of carbonyl (C=O) groups is 2. The molecule has 20 heavy (non-hydrogen) atoms. The fraction of sp³-hybridized carbons (Fsp3) is 0.429. The van der Waals surface area contributed by atoms with Gasteiger partial charge in [-0.25, -0.2) is 9.59 Å². The average molecular weight is 280 g/mol. The second-order valence-corrected chi connectivity index (χ2v) is 4.64. The Morgan fingerprint density at radius 1 is 1.35 bits per heavy atom. The van der Waals surface area contributed by atoms with Crippen LogP contribution >= 0.6 is 0 Å². The van der Waals surface area contributed by atoms with E-state index in [1.54, 1.807) is 13.0 Å². The Labute approximate surface area is 118 Å². The number of carbonyl (C=O) groups excluding carboxylic acids is 1. The van der Waals surface area contributed by atoms with E-state index in [1.807, 2.05) is 13.8 Å². The molecule has 0 atom stereocenters. The summed E-state index contributed by atoms with van der Waals surface area (Å²) in [6.07, 6.45) is 0.120. The molecule has 2 amide bonds. The van der Waals surface area contributed by atoms with Gasteiger partial charge in [-0.1, -0.05) is 6.07 Å². The van der Waals surface area contributed by atoms with Crippen molar-refractivity contribution in [3.63, 3.8) is 0 Å². The number of aryl methyl sites for hydroxylation is 1. The van der Waals surface area contributed by atoms with Crippen LogP contribution in [0, 0.1) is 6.92 Å². The number of ether oxygens (including phenoxy) is 1. The van der Waals surface area contributed by atoms with Crippen molar-refractivity contribution in [2.45, 2.75) is 26.9 Å². The molecule has 6 nitrogen and oxygen atoms in total. The fourth-order valence-corrected chi connectivity index (χ4v) is 1.52. The minimum Gasteiger partial charge on any atom is -0.478 e.